The number of rotatable bonds is 2. The summed E-state index contributed by atoms with van der Waals surface area (Å²) in [5, 5.41) is 0. The minimum Gasteiger partial charge on any atom is -0.368 e. The molecule has 88 valence electrons. The maximum Gasteiger partial charge on any atom is 0.237 e. The Balaban J connectivity index is 2.68. The van der Waals surface area contributed by atoms with Gasteiger partial charge in [0.15, 0.2) is 0 Å². The highest BCUT2D eigenvalue weighted by molar-refractivity contribution is 5.84. The van der Waals surface area contributed by atoms with E-state index in [2.05, 4.69) is 32.7 Å². The number of nitrogens with zero attached hydrogens (tertiary/aromatic N) is 1. The molecule has 0 radical (unpaired) electrons. The number of carbonyl (C=O) groups excluding carboxylic acids is 1. The normalized spacial score (nSPS) is 32.3. The van der Waals surface area contributed by atoms with Gasteiger partial charge in [0, 0.05) is 11.6 Å². The maximum atomic E-state index is 11.2. The lowest BCUT2D eigenvalue weighted by Crippen LogP contribution is -2.52. The Morgan fingerprint density at radius 3 is 2.33 bits per heavy atom. The molecule has 1 rings (SSSR count). The van der Waals surface area contributed by atoms with Gasteiger partial charge >= 0.3 is 0 Å². The Kier molecular flexibility index (Phi) is 3.12. The van der Waals surface area contributed by atoms with Gasteiger partial charge in [0.05, 0.1) is 5.54 Å². The standard InChI is InChI=1S/C11H23N3O/c1-10(2,3)14(4)8-5-6-11(13,7-8)9(12)15/h8H,5-7,13H2,1-4H3,(H2,12,15). The van der Waals surface area contributed by atoms with Crippen LogP contribution in [0.15, 0.2) is 0 Å². The van der Waals surface area contributed by atoms with Crippen molar-refractivity contribution in [3.05, 3.63) is 0 Å². The second-order valence-electron chi connectivity index (χ2n) is 5.70. The van der Waals surface area contributed by atoms with Gasteiger partial charge in [-0.1, -0.05) is 0 Å². The summed E-state index contributed by atoms with van der Waals surface area (Å²) in [6, 6.07) is 0.363. The van der Waals surface area contributed by atoms with E-state index < -0.39 is 5.54 Å². The van der Waals surface area contributed by atoms with E-state index >= 15 is 0 Å². The van der Waals surface area contributed by atoms with E-state index in [1.165, 1.54) is 0 Å². The van der Waals surface area contributed by atoms with Crippen molar-refractivity contribution in [2.75, 3.05) is 7.05 Å². The zero-order valence-electron chi connectivity index (χ0n) is 10.2. The van der Waals surface area contributed by atoms with Crippen molar-refractivity contribution in [2.45, 2.75) is 57.2 Å². The lowest BCUT2D eigenvalue weighted by Gasteiger charge is -2.37. The monoisotopic (exact) mass is 213 g/mol. The summed E-state index contributed by atoms with van der Waals surface area (Å²) in [6.07, 6.45) is 2.33. The van der Waals surface area contributed by atoms with Crippen LogP contribution in [0.5, 0.6) is 0 Å². The summed E-state index contributed by atoms with van der Waals surface area (Å²) >= 11 is 0. The van der Waals surface area contributed by atoms with Gasteiger partial charge in [-0.2, -0.15) is 0 Å². The van der Waals surface area contributed by atoms with Crippen molar-refractivity contribution in [2.24, 2.45) is 11.5 Å². The Bertz CT molecular complexity index is 259. The quantitative estimate of drug-likeness (QED) is 0.699. The second kappa shape index (κ2) is 3.76. The molecule has 1 aliphatic carbocycles. The number of amides is 1. The van der Waals surface area contributed by atoms with E-state index in [9.17, 15) is 4.79 Å². The average Bonchev–Trinajstić information content (AvgIpc) is 2.46. The second-order valence-corrected chi connectivity index (χ2v) is 5.70. The molecule has 1 saturated carbocycles. The lowest BCUT2D eigenvalue weighted by atomic mass is 9.97. The van der Waals surface area contributed by atoms with Crippen LogP contribution in [-0.4, -0.2) is 35.0 Å². The number of carbonyl (C=O) groups is 1. The first kappa shape index (κ1) is 12.5. The highest BCUT2D eigenvalue weighted by Crippen LogP contribution is 2.33. The van der Waals surface area contributed by atoms with Crippen LogP contribution in [0.3, 0.4) is 0 Å². The van der Waals surface area contributed by atoms with Gasteiger partial charge in [-0.05, 0) is 47.1 Å². The fourth-order valence-electron chi connectivity index (χ4n) is 2.15. The van der Waals surface area contributed by atoms with Crippen LogP contribution in [0.4, 0.5) is 0 Å². The van der Waals surface area contributed by atoms with E-state index in [0.29, 0.717) is 18.9 Å². The van der Waals surface area contributed by atoms with Crippen molar-refractivity contribution in [1.29, 1.82) is 0 Å². The van der Waals surface area contributed by atoms with Gasteiger partial charge in [-0.3, -0.25) is 9.69 Å². The smallest absolute Gasteiger partial charge is 0.237 e. The molecule has 15 heavy (non-hydrogen) atoms. The molecule has 0 aromatic carbocycles. The van der Waals surface area contributed by atoms with Crippen molar-refractivity contribution in [1.82, 2.24) is 4.90 Å². The van der Waals surface area contributed by atoms with Crippen LogP contribution >= 0.6 is 0 Å². The third-order valence-electron chi connectivity index (χ3n) is 3.62. The van der Waals surface area contributed by atoms with Crippen LogP contribution < -0.4 is 11.5 Å². The molecule has 4 N–H and O–H groups in total. The topological polar surface area (TPSA) is 72.3 Å². The summed E-state index contributed by atoms with van der Waals surface area (Å²) in [5.74, 6) is -0.368. The molecule has 1 fully saturated rings. The minimum absolute atomic E-state index is 0.105. The van der Waals surface area contributed by atoms with Crippen molar-refractivity contribution >= 4 is 5.91 Å². The molecule has 2 unspecified atom stereocenters. The highest BCUT2D eigenvalue weighted by atomic mass is 16.1. The zero-order chi connectivity index (χ0) is 11.9. The molecule has 1 aliphatic rings. The zero-order valence-corrected chi connectivity index (χ0v) is 10.2. The lowest BCUT2D eigenvalue weighted by molar-refractivity contribution is -0.123. The number of nitrogens with two attached hydrogens (primary N) is 2. The molecule has 4 nitrogen and oxygen atoms in total. The van der Waals surface area contributed by atoms with Crippen LogP contribution in [0.2, 0.25) is 0 Å². The summed E-state index contributed by atoms with van der Waals surface area (Å²) in [7, 11) is 2.08. The predicted molar refractivity (Wildman–Crippen MR) is 61.3 cm³/mol. The average molecular weight is 213 g/mol. The Morgan fingerprint density at radius 1 is 1.47 bits per heavy atom. The van der Waals surface area contributed by atoms with Gasteiger partial charge in [-0.15, -0.1) is 0 Å². The van der Waals surface area contributed by atoms with Crippen molar-refractivity contribution in [3.63, 3.8) is 0 Å². The highest BCUT2D eigenvalue weighted by Gasteiger charge is 2.43. The molecule has 0 aromatic rings. The fraction of sp³-hybridized carbons (Fsp3) is 0.909. The van der Waals surface area contributed by atoms with Gasteiger partial charge < -0.3 is 11.5 Å². The summed E-state index contributed by atoms with van der Waals surface area (Å²) in [5.41, 5.74) is 10.6. The van der Waals surface area contributed by atoms with Crippen molar-refractivity contribution < 1.29 is 4.79 Å². The van der Waals surface area contributed by atoms with Crippen LogP contribution in [-0.2, 0) is 4.79 Å². The van der Waals surface area contributed by atoms with Gasteiger partial charge in [0.2, 0.25) is 5.91 Å². The van der Waals surface area contributed by atoms with Crippen LogP contribution in [0, 0.1) is 0 Å². The third kappa shape index (κ3) is 2.49. The Labute approximate surface area is 92.0 Å². The van der Waals surface area contributed by atoms with E-state index in [-0.39, 0.29) is 11.4 Å². The molecule has 0 aliphatic heterocycles. The molecular weight excluding hydrogens is 190 g/mol. The van der Waals surface area contributed by atoms with E-state index in [1.54, 1.807) is 0 Å². The molecule has 0 aromatic heterocycles. The molecule has 0 bridgehead atoms. The first-order chi connectivity index (χ1) is 6.67. The maximum absolute atomic E-state index is 11.2. The summed E-state index contributed by atoms with van der Waals surface area (Å²) < 4.78 is 0. The van der Waals surface area contributed by atoms with E-state index in [0.717, 1.165) is 6.42 Å². The van der Waals surface area contributed by atoms with E-state index in [1.807, 2.05) is 0 Å². The molecule has 4 heteroatoms. The largest absolute Gasteiger partial charge is 0.368 e. The first-order valence-corrected chi connectivity index (χ1v) is 5.48. The third-order valence-corrected chi connectivity index (χ3v) is 3.62. The molecule has 2 atom stereocenters. The first-order valence-electron chi connectivity index (χ1n) is 5.48. The molecule has 0 saturated heterocycles. The molecule has 0 heterocycles. The summed E-state index contributed by atoms with van der Waals surface area (Å²) in [6.45, 7) is 6.48. The van der Waals surface area contributed by atoms with Gasteiger partial charge in [0.25, 0.3) is 0 Å². The minimum atomic E-state index is -0.788. The Hall–Kier alpha value is -0.610. The fourth-order valence-corrected chi connectivity index (χ4v) is 2.15. The molecular formula is C11H23N3O. The SMILES string of the molecule is CN(C1CCC(N)(C(N)=O)C1)C(C)(C)C. The van der Waals surface area contributed by atoms with E-state index in [4.69, 9.17) is 11.5 Å². The number of hydrogen-bond acceptors (Lipinski definition) is 3. The molecule has 0 spiro atoms. The van der Waals surface area contributed by atoms with Crippen LogP contribution in [0.25, 0.3) is 0 Å². The van der Waals surface area contributed by atoms with Crippen molar-refractivity contribution in [3.8, 4) is 0 Å². The number of hydrogen-bond donors (Lipinski definition) is 2. The predicted octanol–water partition coefficient (Wildman–Crippen LogP) is 0.452. The molecule has 1 amide bonds. The summed E-state index contributed by atoms with van der Waals surface area (Å²) in [4.78, 5) is 13.5. The Morgan fingerprint density at radius 2 is 2.00 bits per heavy atom. The van der Waals surface area contributed by atoms with Gasteiger partial charge in [0.1, 0.15) is 0 Å². The number of primary amides is 1. The van der Waals surface area contributed by atoms with Crippen LogP contribution in [0.1, 0.15) is 40.0 Å². The van der Waals surface area contributed by atoms with Gasteiger partial charge in [-0.25, -0.2) is 0 Å².